The number of hydrogen-bond acceptors (Lipinski definition) is 4. The molecule has 1 N–H and O–H groups in total. The van der Waals surface area contributed by atoms with Gasteiger partial charge in [0.2, 0.25) is 0 Å². The van der Waals surface area contributed by atoms with Gasteiger partial charge in [-0.1, -0.05) is 0 Å². The van der Waals surface area contributed by atoms with E-state index < -0.39 is 28.5 Å². The molecule has 0 spiro atoms. The number of carboxylic acids is 1. The van der Waals surface area contributed by atoms with Crippen LogP contribution in [0.3, 0.4) is 0 Å². The largest absolute Gasteiger partial charge is 0.478 e. The number of rotatable bonds is 4. The molecule has 0 saturated carbocycles. The van der Waals surface area contributed by atoms with Crippen LogP contribution < -0.4 is 0 Å². The highest BCUT2D eigenvalue weighted by Gasteiger charge is 2.10. The van der Waals surface area contributed by atoms with Crippen molar-refractivity contribution in [3.63, 3.8) is 0 Å². The number of hydrogen-bond donors (Lipinski definition) is 1. The van der Waals surface area contributed by atoms with Crippen molar-refractivity contribution in [3.8, 4) is 0 Å². The zero-order valence-electron chi connectivity index (χ0n) is 8.31. The Hall–Kier alpha value is -1.47. The van der Waals surface area contributed by atoms with Crippen molar-refractivity contribution >= 4 is 16.1 Å². The quantitative estimate of drug-likeness (QED) is 0.804. The third-order valence-electron chi connectivity index (χ3n) is 1.72. The van der Waals surface area contributed by atoms with Crippen molar-refractivity contribution in [2.24, 2.45) is 0 Å². The summed E-state index contributed by atoms with van der Waals surface area (Å²) in [6.07, 6.45) is 0.825. The fourth-order valence-electron chi connectivity index (χ4n) is 0.989. The second kappa shape index (κ2) is 4.58. The van der Waals surface area contributed by atoms with Crippen LogP contribution in [-0.2, 0) is 20.9 Å². The summed E-state index contributed by atoms with van der Waals surface area (Å²) in [5, 5.41) is 8.65. The van der Waals surface area contributed by atoms with Crippen LogP contribution in [0.25, 0.3) is 0 Å². The van der Waals surface area contributed by atoms with Crippen LogP contribution in [0.15, 0.2) is 18.2 Å². The molecule has 0 unspecified atom stereocenters. The van der Waals surface area contributed by atoms with Gasteiger partial charge in [0.1, 0.15) is 5.82 Å². The number of aromatic carboxylic acids is 1. The van der Waals surface area contributed by atoms with Gasteiger partial charge in [-0.3, -0.25) is 4.18 Å². The molecule has 88 valence electrons. The lowest BCUT2D eigenvalue weighted by Crippen LogP contribution is -2.05. The maximum absolute atomic E-state index is 13.1. The Balaban J connectivity index is 2.95. The first-order valence-corrected chi connectivity index (χ1v) is 5.97. The topological polar surface area (TPSA) is 80.7 Å². The molecule has 0 aliphatic rings. The molecule has 1 rings (SSSR count). The zero-order chi connectivity index (χ0) is 12.3. The highest BCUT2D eigenvalue weighted by Crippen LogP contribution is 2.12. The molecule has 0 aromatic heterocycles. The van der Waals surface area contributed by atoms with Crippen molar-refractivity contribution in [1.82, 2.24) is 0 Å². The molecule has 0 radical (unpaired) electrons. The maximum Gasteiger partial charge on any atom is 0.335 e. The predicted molar refractivity (Wildman–Crippen MR) is 53.0 cm³/mol. The van der Waals surface area contributed by atoms with Crippen LogP contribution in [0.5, 0.6) is 0 Å². The second-order valence-electron chi connectivity index (χ2n) is 3.08. The summed E-state index contributed by atoms with van der Waals surface area (Å²) >= 11 is 0. The molecule has 16 heavy (non-hydrogen) atoms. The van der Waals surface area contributed by atoms with Gasteiger partial charge >= 0.3 is 5.97 Å². The molecule has 0 fully saturated rings. The molecule has 0 heterocycles. The number of halogens is 1. The summed E-state index contributed by atoms with van der Waals surface area (Å²) in [4.78, 5) is 10.6. The normalized spacial score (nSPS) is 11.4. The van der Waals surface area contributed by atoms with Gasteiger partial charge in [-0.05, 0) is 18.2 Å². The smallest absolute Gasteiger partial charge is 0.335 e. The standard InChI is InChI=1S/C9H9FO5S/c1-16(13,14)15-5-7-4-6(9(11)12)2-3-8(7)10/h2-4H,5H2,1H3,(H,11,12). The van der Waals surface area contributed by atoms with Gasteiger partial charge in [-0.15, -0.1) is 0 Å². The van der Waals surface area contributed by atoms with E-state index in [0.29, 0.717) is 0 Å². The van der Waals surface area contributed by atoms with Crippen molar-refractivity contribution in [2.75, 3.05) is 6.26 Å². The summed E-state index contributed by atoms with van der Waals surface area (Å²) in [6.45, 7) is -0.522. The van der Waals surface area contributed by atoms with Crippen molar-refractivity contribution in [2.45, 2.75) is 6.61 Å². The molecule has 0 bridgehead atoms. The van der Waals surface area contributed by atoms with Crippen LogP contribution in [0.1, 0.15) is 15.9 Å². The Kier molecular flexibility index (Phi) is 3.61. The van der Waals surface area contributed by atoms with E-state index in [9.17, 15) is 17.6 Å². The highest BCUT2D eigenvalue weighted by molar-refractivity contribution is 7.85. The fraction of sp³-hybridized carbons (Fsp3) is 0.222. The Bertz CT molecular complexity index is 509. The summed E-state index contributed by atoms with van der Waals surface area (Å²) in [7, 11) is -3.69. The third-order valence-corrected chi connectivity index (χ3v) is 2.27. The molecule has 1 aromatic carbocycles. The Morgan fingerprint density at radius 2 is 2.12 bits per heavy atom. The molecular formula is C9H9FO5S. The van der Waals surface area contributed by atoms with Crippen molar-refractivity contribution in [3.05, 3.63) is 35.1 Å². The van der Waals surface area contributed by atoms with E-state index in [2.05, 4.69) is 4.18 Å². The van der Waals surface area contributed by atoms with E-state index in [-0.39, 0.29) is 11.1 Å². The summed E-state index contributed by atoms with van der Waals surface area (Å²) in [5.41, 5.74) is -0.251. The summed E-state index contributed by atoms with van der Waals surface area (Å²) < 4.78 is 38.9. The SMILES string of the molecule is CS(=O)(=O)OCc1cc(C(=O)O)ccc1F. The van der Waals surface area contributed by atoms with Crippen LogP contribution in [0, 0.1) is 5.82 Å². The van der Waals surface area contributed by atoms with Gasteiger partial charge in [0.15, 0.2) is 0 Å². The Morgan fingerprint density at radius 1 is 1.50 bits per heavy atom. The molecule has 0 aliphatic heterocycles. The molecule has 0 aliphatic carbocycles. The van der Waals surface area contributed by atoms with E-state index in [1.165, 1.54) is 0 Å². The fourth-order valence-corrected chi connectivity index (χ4v) is 1.33. The minimum atomic E-state index is -3.69. The van der Waals surface area contributed by atoms with Gasteiger partial charge in [0, 0.05) is 5.56 Å². The minimum absolute atomic E-state index is 0.120. The van der Waals surface area contributed by atoms with Crippen LogP contribution >= 0.6 is 0 Å². The molecule has 7 heteroatoms. The molecule has 1 aromatic rings. The lowest BCUT2D eigenvalue weighted by atomic mass is 10.1. The maximum atomic E-state index is 13.1. The van der Waals surface area contributed by atoms with Gasteiger partial charge < -0.3 is 5.11 Å². The molecule has 0 amide bonds. The highest BCUT2D eigenvalue weighted by atomic mass is 32.2. The Morgan fingerprint density at radius 3 is 2.62 bits per heavy atom. The van der Waals surface area contributed by atoms with Crippen molar-refractivity contribution in [1.29, 1.82) is 0 Å². The monoisotopic (exact) mass is 248 g/mol. The lowest BCUT2D eigenvalue weighted by Gasteiger charge is -2.04. The average molecular weight is 248 g/mol. The second-order valence-corrected chi connectivity index (χ2v) is 4.72. The van der Waals surface area contributed by atoms with Crippen LogP contribution in [-0.4, -0.2) is 25.7 Å². The van der Waals surface area contributed by atoms with E-state index in [1.807, 2.05) is 0 Å². The van der Waals surface area contributed by atoms with Crippen LogP contribution in [0.2, 0.25) is 0 Å². The van der Waals surface area contributed by atoms with Gasteiger partial charge in [0.25, 0.3) is 10.1 Å². The first-order chi connectivity index (χ1) is 7.29. The summed E-state index contributed by atoms with van der Waals surface area (Å²) in [5.74, 6) is -1.94. The first-order valence-electron chi connectivity index (χ1n) is 4.16. The van der Waals surface area contributed by atoms with E-state index in [4.69, 9.17) is 5.11 Å². The molecule has 0 atom stereocenters. The number of carbonyl (C=O) groups is 1. The zero-order valence-corrected chi connectivity index (χ0v) is 9.12. The minimum Gasteiger partial charge on any atom is -0.478 e. The first kappa shape index (κ1) is 12.6. The summed E-state index contributed by atoms with van der Waals surface area (Å²) in [6, 6.07) is 3.06. The van der Waals surface area contributed by atoms with Gasteiger partial charge in [-0.2, -0.15) is 8.42 Å². The average Bonchev–Trinajstić information content (AvgIpc) is 2.14. The predicted octanol–water partition coefficient (Wildman–Crippen LogP) is 1.00. The molecular weight excluding hydrogens is 239 g/mol. The van der Waals surface area contributed by atoms with E-state index >= 15 is 0 Å². The third kappa shape index (κ3) is 3.59. The van der Waals surface area contributed by atoms with E-state index in [0.717, 1.165) is 24.5 Å². The van der Waals surface area contributed by atoms with Crippen molar-refractivity contribution < 1.29 is 26.9 Å². The lowest BCUT2D eigenvalue weighted by molar-refractivity contribution is 0.0696. The Labute approximate surface area is 91.6 Å². The van der Waals surface area contributed by atoms with Gasteiger partial charge in [0.05, 0.1) is 18.4 Å². The molecule has 5 nitrogen and oxygen atoms in total. The number of benzene rings is 1. The van der Waals surface area contributed by atoms with Crippen LogP contribution in [0.4, 0.5) is 4.39 Å². The number of carboxylic acid groups (broad SMARTS) is 1. The van der Waals surface area contributed by atoms with Gasteiger partial charge in [-0.25, -0.2) is 9.18 Å². The molecule has 0 saturated heterocycles. The van der Waals surface area contributed by atoms with E-state index in [1.54, 1.807) is 0 Å².